The van der Waals surface area contributed by atoms with E-state index in [1.807, 2.05) is 0 Å². The lowest BCUT2D eigenvalue weighted by Gasteiger charge is -2.13. The van der Waals surface area contributed by atoms with Gasteiger partial charge >= 0.3 is 6.01 Å². The van der Waals surface area contributed by atoms with Gasteiger partial charge in [0, 0.05) is 5.69 Å². The van der Waals surface area contributed by atoms with E-state index in [-0.39, 0.29) is 11.8 Å². The Kier molecular flexibility index (Phi) is 4.75. The Morgan fingerprint density at radius 1 is 1.23 bits per heavy atom. The molecular weight excluding hydrogens is 307 g/mol. The first-order valence-corrected chi connectivity index (χ1v) is 8.39. The minimum absolute atomic E-state index is 0.139. The Bertz CT molecular complexity index is 761. The van der Waals surface area contributed by atoms with Crippen molar-refractivity contribution in [2.75, 3.05) is 7.11 Å². The third-order valence-corrected chi connectivity index (χ3v) is 5.34. The molecule has 1 aromatic carbocycles. The van der Waals surface area contributed by atoms with Crippen LogP contribution in [0.3, 0.4) is 0 Å². The van der Waals surface area contributed by atoms with Crippen molar-refractivity contribution in [1.82, 2.24) is 9.97 Å². The molecule has 1 unspecified atom stereocenters. The molecular formula is C15H17FN2O3S. The predicted molar refractivity (Wildman–Crippen MR) is 80.8 cm³/mol. The van der Waals surface area contributed by atoms with Crippen LogP contribution < -0.4 is 4.74 Å². The van der Waals surface area contributed by atoms with Gasteiger partial charge < -0.3 is 4.74 Å². The lowest BCUT2D eigenvalue weighted by Crippen LogP contribution is -2.14. The van der Waals surface area contributed by atoms with Crippen molar-refractivity contribution in [3.05, 3.63) is 53.1 Å². The Morgan fingerprint density at radius 2 is 1.86 bits per heavy atom. The van der Waals surface area contributed by atoms with Crippen LogP contribution in [0.15, 0.2) is 30.3 Å². The maximum absolute atomic E-state index is 12.9. The third kappa shape index (κ3) is 3.79. The number of aryl methyl sites for hydroxylation is 1. The van der Waals surface area contributed by atoms with Crippen molar-refractivity contribution in [3.63, 3.8) is 0 Å². The SMILES string of the molecule is COc1nc(C)cc(CS(=O)(=O)C(C)c2ccc(F)cc2)n1. The largest absolute Gasteiger partial charge is 0.467 e. The van der Waals surface area contributed by atoms with E-state index in [9.17, 15) is 12.8 Å². The molecule has 1 atom stereocenters. The van der Waals surface area contributed by atoms with Crippen molar-refractivity contribution in [3.8, 4) is 6.01 Å². The average molecular weight is 324 g/mol. The molecule has 0 aliphatic carbocycles. The highest BCUT2D eigenvalue weighted by atomic mass is 32.2. The Morgan fingerprint density at radius 3 is 2.45 bits per heavy atom. The van der Waals surface area contributed by atoms with Crippen molar-refractivity contribution < 1.29 is 17.5 Å². The number of nitrogens with zero attached hydrogens (tertiary/aromatic N) is 2. The third-order valence-electron chi connectivity index (χ3n) is 3.30. The minimum atomic E-state index is -3.49. The van der Waals surface area contributed by atoms with Gasteiger partial charge in [0.2, 0.25) is 0 Å². The molecule has 1 aromatic heterocycles. The summed E-state index contributed by atoms with van der Waals surface area (Å²) in [7, 11) is -2.06. The summed E-state index contributed by atoms with van der Waals surface area (Å²) in [5.74, 6) is -0.629. The number of hydrogen-bond acceptors (Lipinski definition) is 5. The Hall–Kier alpha value is -2.02. The van der Waals surface area contributed by atoms with E-state index in [1.54, 1.807) is 19.9 Å². The fraction of sp³-hybridized carbons (Fsp3) is 0.333. The van der Waals surface area contributed by atoms with Crippen LogP contribution >= 0.6 is 0 Å². The number of aromatic nitrogens is 2. The molecule has 0 saturated carbocycles. The van der Waals surface area contributed by atoms with Gasteiger partial charge in [-0.3, -0.25) is 0 Å². The van der Waals surface area contributed by atoms with E-state index >= 15 is 0 Å². The second-order valence-corrected chi connectivity index (χ2v) is 7.31. The van der Waals surface area contributed by atoms with Gasteiger partial charge in [0.05, 0.1) is 23.8 Å². The maximum atomic E-state index is 12.9. The van der Waals surface area contributed by atoms with E-state index in [1.165, 1.54) is 31.4 Å². The first-order chi connectivity index (χ1) is 10.3. The maximum Gasteiger partial charge on any atom is 0.316 e. The minimum Gasteiger partial charge on any atom is -0.467 e. The van der Waals surface area contributed by atoms with E-state index in [0.717, 1.165) is 0 Å². The number of hydrogen-bond donors (Lipinski definition) is 0. The molecule has 22 heavy (non-hydrogen) atoms. The zero-order valence-electron chi connectivity index (χ0n) is 12.6. The Labute approximate surface area is 129 Å². The van der Waals surface area contributed by atoms with Gasteiger partial charge in [-0.2, -0.15) is 4.98 Å². The number of rotatable bonds is 5. The summed E-state index contributed by atoms with van der Waals surface area (Å²) in [6.45, 7) is 3.32. The van der Waals surface area contributed by atoms with Crippen LogP contribution in [-0.4, -0.2) is 25.5 Å². The number of sulfone groups is 1. The second-order valence-electron chi connectivity index (χ2n) is 4.99. The van der Waals surface area contributed by atoms with Gasteiger partial charge in [-0.1, -0.05) is 12.1 Å². The molecule has 0 radical (unpaired) electrons. The number of methoxy groups -OCH3 is 1. The van der Waals surface area contributed by atoms with Crippen LogP contribution in [0.25, 0.3) is 0 Å². The fourth-order valence-electron chi connectivity index (χ4n) is 2.04. The predicted octanol–water partition coefficient (Wildman–Crippen LogP) is 2.61. The van der Waals surface area contributed by atoms with Gasteiger partial charge in [-0.25, -0.2) is 17.8 Å². The standard InChI is InChI=1S/C15H17FN2O3S/c1-10-8-14(18-15(17-10)21-3)9-22(19,20)11(2)12-4-6-13(16)7-5-12/h4-8,11H,9H2,1-3H3. The summed E-state index contributed by atoms with van der Waals surface area (Å²) in [4.78, 5) is 8.08. The zero-order chi connectivity index (χ0) is 16.3. The quantitative estimate of drug-likeness (QED) is 0.845. The summed E-state index contributed by atoms with van der Waals surface area (Å²) < 4.78 is 42.9. The molecule has 5 nitrogen and oxygen atoms in total. The average Bonchev–Trinajstić information content (AvgIpc) is 2.46. The molecule has 2 rings (SSSR count). The molecule has 0 aliphatic rings. The smallest absolute Gasteiger partial charge is 0.316 e. The highest BCUT2D eigenvalue weighted by Crippen LogP contribution is 2.25. The molecule has 1 heterocycles. The van der Waals surface area contributed by atoms with Crippen LogP contribution in [0.1, 0.15) is 29.1 Å². The molecule has 7 heteroatoms. The van der Waals surface area contributed by atoms with Crippen molar-refractivity contribution in [2.45, 2.75) is 24.9 Å². The van der Waals surface area contributed by atoms with E-state index in [2.05, 4.69) is 9.97 Å². The van der Waals surface area contributed by atoms with E-state index < -0.39 is 20.9 Å². The van der Waals surface area contributed by atoms with Crippen molar-refractivity contribution in [1.29, 1.82) is 0 Å². The van der Waals surface area contributed by atoms with Crippen molar-refractivity contribution >= 4 is 9.84 Å². The molecule has 0 spiro atoms. The Balaban J connectivity index is 2.27. The number of halogens is 1. The number of ether oxygens (including phenoxy) is 1. The summed E-state index contributed by atoms with van der Waals surface area (Å²) in [6, 6.07) is 7.20. The van der Waals surface area contributed by atoms with Gasteiger partial charge in [0.1, 0.15) is 5.82 Å². The van der Waals surface area contributed by atoms with Gasteiger partial charge in [0.25, 0.3) is 0 Å². The number of benzene rings is 1. The molecule has 0 fully saturated rings. The van der Waals surface area contributed by atoms with E-state index in [0.29, 0.717) is 17.0 Å². The van der Waals surface area contributed by atoms with Crippen LogP contribution in [0.5, 0.6) is 6.01 Å². The first-order valence-electron chi connectivity index (χ1n) is 6.67. The normalized spacial score (nSPS) is 12.9. The first kappa shape index (κ1) is 16.4. The van der Waals surface area contributed by atoms with Crippen LogP contribution in [0.4, 0.5) is 4.39 Å². The molecule has 0 bridgehead atoms. The van der Waals surface area contributed by atoms with Crippen LogP contribution in [0, 0.1) is 12.7 Å². The lowest BCUT2D eigenvalue weighted by molar-refractivity contribution is 0.377. The van der Waals surface area contributed by atoms with Crippen LogP contribution in [-0.2, 0) is 15.6 Å². The molecule has 2 aromatic rings. The molecule has 118 valence electrons. The molecule has 0 amide bonds. The highest BCUT2D eigenvalue weighted by molar-refractivity contribution is 7.90. The van der Waals surface area contributed by atoms with E-state index in [4.69, 9.17) is 4.74 Å². The summed E-state index contributed by atoms with van der Waals surface area (Å²) in [5, 5.41) is -0.755. The summed E-state index contributed by atoms with van der Waals surface area (Å²) >= 11 is 0. The molecule has 0 saturated heterocycles. The summed E-state index contributed by atoms with van der Waals surface area (Å²) in [5.41, 5.74) is 1.55. The fourth-order valence-corrected chi connectivity index (χ4v) is 3.42. The van der Waals surface area contributed by atoms with Crippen molar-refractivity contribution in [2.24, 2.45) is 0 Å². The molecule has 0 N–H and O–H groups in total. The van der Waals surface area contributed by atoms with Crippen LogP contribution in [0.2, 0.25) is 0 Å². The summed E-state index contributed by atoms with van der Waals surface area (Å²) in [6.07, 6.45) is 0. The lowest BCUT2D eigenvalue weighted by atomic mass is 10.2. The topological polar surface area (TPSA) is 69.2 Å². The van der Waals surface area contributed by atoms with Gasteiger partial charge in [-0.05, 0) is 37.6 Å². The monoisotopic (exact) mass is 324 g/mol. The highest BCUT2D eigenvalue weighted by Gasteiger charge is 2.24. The zero-order valence-corrected chi connectivity index (χ0v) is 13.4. The molecule has 0 aliphatic heterocycles. The second kappa shape index (κ2) is 6.39. The van der Waals surface area contributed by atoms with Gasteiger partial charge in [0.15, 0.2) is 9.84 Å². The van der Waals surface area contributed by atoms with Gasteiger partial charge in [-0.15, -0.1) is 0 Å².